The lowest BCUT2D eigenvalue weighted by molar-refractivity contribution is -0.0857. The first-order valence-electron chi connectivity index (χ1n) is 7.42. The number of ether oxygens (including phenoxy) is 1. The van der Waals surface area contributed by atoms with Gasteiger partial charge in [-0.25, -0.2) is 4.39 Å². The minimum Gasteiger partial charge on any atom is -0.489 e. The molecule has 20 heavy (non-hydrogen) atoms. The lowest BCUT2D eigenvalue weighted by atomic mass is 9.58. The maximum atomic E-state index is 13.1. The molecule has 1 aliphatic rings. The van der Waals surface area contributed by atoms with E-state index in [1.807, 2.05) is 0 Å². The van der Waals surface area contributed by atoms with E-state index in [9.17, 15) is 4.39 Å². The Morgan fingerprint density at radius 3 is 2.60 bits per heavy atom. The van der Waals surface area contributed by atoms with Crippen molar-refractivity contribution in [3.63, 3.8) is 0 Å². The van der Waals surface area contributed by atoms with Gasteiger partial charge in [0.05, 0.1) is 4.47 Å². The van der Waals surface area contributed by atoms with E-state index in [1.54, 1.807) is 6.07 Å². The van der Waals surface area contributed by atoms with Gasteiger partial charge in [-0.3, -0.25) is 0 Å². The smallest absolute Gasteiger partial charge is 0.134 e. The highest BCUT2D eigenvalue weighted by molar-refractivity contribution is 9.10. The zero-order chi connectivity index (χ0) is 14.8. The van der Waals surface area contributed by atoms with Crippen molar-refractivity contribution >= 4 is 15.9 Å². The van der Waals surface area contributed by atoms with Crippen molar-refractivity contribution in [2.45, 2.75) is 52.2 Å². The molecule has 1 aliphatic carbocycles. The highest BCUT2D eigenvalue weighted by Crippen LogP contribution is 2.49. The van der Waals surface area contributed by atoms with E-state index in [4.69, 9.17) is 4.74 Å². The summed E-state index contributed by atoms with van der Waals surface area (Å²) in [5, 5.41) is 3.56. The third kappa shape index (κ3) is 2.73. The molecule has 2 rings (SSSR count). The molecule has 0 heterocycles. The fraction of sp³-hybridized carbons (Fsp3) is 0.625. The van der Waals surface area contributed by atoms with E-state index in [2.05, 4.69) is 42.0 Å². The van der Waals surface area contributed by atoms with E-state index in [-0.39, 0.29) is 17.3 Å². The van der Waals surface area contributed by atoms with Gasteiger partial charge in [0.15, 0.2) is 0 Å². The predicted molar refractivity (Wildman–Crippen MR) is 83.6 cm³/mol. The third-order valence-corrected chi connectivity index (χ3v) is 5.33. The Hall–Kier alpha value is -0.610. The first-order valence-corrected chi connectivity index (χ1v) is 8.21. The summed E-state index contributed by atoms with van der Waals surface area (Å²) in [7, 11) is 0. The van der Waals surface area contributed by atoms with Gasteiger partial charge in [-0.05, 0) is 53.5 Å². The monoisotopic (exact) mass is 343 g/mol. The van der Waals surface area contributed by atoms with E-state index in [0.29, 0.717) is 10.5 Å². The third-order valence-electron chi connectivity index (χ3n) is 4.72. The molecule has 4 heteroatoms. The van der Waals surface area contributed by atoms with Gasteiger partial charge < -0.3 is 10.1 Å². The van der Waals surface area contributed by atoms with Crippen molar-refractivity contribution in [1.29, 1.82) is 0 Å². The second kappa shape index (κ2) is 6.44. The number of halogens is 2. The summed E-state index contributed by atoms with van der Waals surface area (Å²) < 4.78 is 20.0. The molecular weight excluding hydrogens is 321 g/mol. The minimum absolute atomic E-state index is 0.184. The van der Waals surface area contributed by atoms with Crippen LogP contribution in [0.4, 0.5) is 4.39 Å². The second-order valence-electron chi connectivity index (χ2n) is 5.47. The number of benzene rings is 1. The summed E-state index contributed by atoms with van der Waals surface area (Å²) >= 11 is 3.38. The van der Waals surface area contributed by atoms with Gasteiger partial charge in [0.1, 0.15) is 17.7 Å². The van der Waals surface area contributed by atoms with Crippen LogP contribution in [0.3, 0.4) is 0 Å². The molecule has 1 N–H and O–H groups in total. The van der Waals surface area contributed by atoms with Crippen LogP contribution in [0.15, 0.2) is 22.7 Å². The molecule has 112 valence electrons. The quantitative estimate of drug-likeness (QED) is 0.819. The molecule has 1 saturated carbocycles. The van der Waals surface area contributed by atoms with Gasteiger partial charge in [-0.15, -0.1) is 0 Å². The fourth-order valence-electron chi connectivity index (χ4n) is 3.37. The number of nitrogens with one attached hydrogen (secondary N) is 1. The molecule has 0 aliphatic heterocycles. The Morgan fingerprint density at radius 1 is 1.35 bits per heavy atom. The average Bonchev–Trinajstić information content (AvgIpc) is 2.41. The Labute approximate surface area is 129 Å². The van der Waals surface area contributed by atoms with Crippen LogP contribution in [0.5, 0.6) is 5.75 Å². The molecule has 0 spiro atoms. The summed E-state index contributed by atoms with van der Waals surface area (Å²) in [5.74, 6) is 0.484. The molecule has 0 amide bonds. The zero-order valence-corrected chi connectivity index (χ0v) is 14.0. The van der Waals surface area contributed by atoms with Crippen LogP contribution in [-0.2, 0) is 0 Å². The largest absolute Gasteiger partial charge is 0.489 e. The highest BCUT2D eigenvalue weighted by Gasteiger charge is 2.53. The Bertz CT molecular complexity index is 462. The minimum atomic E-state index is -0.249. The normalized spacial score (nSPS) is 24.2. The van der Waals surface area contributed by atoms with Gasteiger partial charge in [0, 0.05) is 17.9 Å². The topological polar surface area (TPSA) is 21.3 Å². The van der Waals surface area contributed by atoms with Crippen molar-refractivity contribution < 1.29 is 9.13 Å². The lowest BCUT2D eigenvalue weighted by Gasteiger charge is -2.55. The molecule has 0 saturated heterocycles. The molecule has 0 bridgehead atoms. The Kier molecular flexibility index (Phi) is 5.08. The van der Waals surface area contributed by atoms with Crippen molar-refractivity contribution in [2.24, 2.45) is 5.41 Å². The van der Waals surface area contributed by atoms with E-state index in [1.165, 1.54) is 12.1 Å². The van der Waals surface area contributed by atoms with Crippen molar-refractivity contribution in [2.75, 3.05) is 6.54 Å². The van der Waals surface area contributed by atoms with Crippen LogP contribution in [0.2, 0.25) is 0 Å². The molecule has 2 nitrogen and oxygen atoms in total. The van der Waals surface area contributed by atoms with Crippen molar-refractivity contribution in [3.8, 4) is 5.75 Å². The summed E-state index contributed by atoms with van der Waals surface area (Å²) in [5.41, 5.74) is 0.184. The summed E-state index contributed by atoms with van der Waals surface area (Å²) in [6, 6.07) is 5.12. The number of rotatable bonds is 6. The summed E-state index contributed by atoms with van der Waals surface area (Å²) in [6.45, 7) is 7.58. The SMILES string of the molecule is CCNC1CC(Oc2ccc(F)cc2Br)C1(CC)CC. The van der Waals surface area contributed by atoms with Crippen molar-refractivity contribution in [3.05, 3.63) is 28.5 Å². The summed E-state index contributed by atoms with van der Waals surface area (Å²) in [4.78, 5) is 0. The van der Waals surface area contributed by atoms with E-state index < -0.39 is 0 Å². The molecule has 2 atom stereocenters. The van der Waals surface area contributed by atoms with Gasteiger partial charge in [0.25, 0.3) is 0 Å². The maximum absolute atomic E-state index is 13.1. The second-order valence-corrected chi connectivity index (χ2v) is 6.32. The molecule has 0 aromatic heterocycles. The van der Waals surface area contributed by atoms with Crippen LogP contribution in [0.25, 0.3) is 0 Å². The van der Waals surface area contributed by atoms with Crippen LogP contribution in [0, 0.1) is 11.2 Å². The predicted octanol–water partition coefficient (Wildman–Crippen LogP) is 4.52. The van der Waals surface area contributed by atoms with Gasteiger partial charge in [-0.2, -0.15) is 0 Å². The summed E-state index contributed by atoms with van der Waals surface area (Å²) in [6.07, 6.45) is 3.39. The van der Waals surface area contributed by atoms with Crippen LogP contribution >= 0.6 is 15.9 Å². The molecule has 1 aromatic rings. The van der Waals surface area contributed by atoms with Gasteiger partial charge >= 0.3 is 0 Å². The molecule has 2 unspecified atom stereocenters. The van der Waals surface area contributed by atoms with E-state index >= 15 is 0 Å². The molecule has 0 radical (unpaired) electrons. The van der Waals surface area contributed by atoms with Crippen molar-refractivity contribution in [1.82, 2.24) is 5.32 Å². The fourth-order valence-corrected chi connectivity index (χ4v) is 3.81. The average molecular weight is 344 g/mol. The Balaban J connectivity index is 2.13. The van der Waals surface area contributed by atoms with Crippen LogP contribution in [0.1, 0.15) is 40.0 Å². The van der Waals surface area contributed by atoms with Gasteiger partial charge in [-0.1, -0.05) is 20.8 Å². The molecule has 1 aromatic carbocycles. The van der Waals surface area contributed by atoms with E-state index in [0.717, 1.165) is 31.6 Å². The van der Waals surface area contributed by atoms with Gasteiger partial charge in [0.2, 0.25) is 0 Å². The first-order chi connectivity index (χ1) is 9.57. The first kappa shape index (κ1) is 15.8. The standard InChI is InChI=1S/C16H23BrFNO/c1-4-16(5-2)14(19-6-3)10-15(16)20-13-8-7-11(18)9-12(13)17/h7-9,14-15,19H,4-6,10H2,1-3H3. The Morgan fingerprint density at radius 2 is 2.05 bits per heavy atom. The highest BCUT2D eigenvalue weighted by atomic mass is 79.9. The maximum Gasteiger partial charge on any atom is 0.134 e. The lowest BCUT2D eigenvalue weighted by Crippen LogP contribution is -2.64. The molecular formula is C16H23BrFNO. The number of hydrogen-bond acceptors (Lipinski definition) is 2. The van der Waals surface area contributed by atoms with Crippen LogP contribution in [-0.4, -0.2) is 18.7 Å². The number of hydrogen-bond donors (Lipinski definition) is 1. The molecule has 1 fully saturated rings. The zero-order valence-electron chi connectivity index (χ0n) is 12.4. The van der Waals surface area contributed by atoms with Crippen LogP contribution < -0.4 is 10.1 Å².